The molecule has 2 rings (SSSR count). The van der Waals surface area contributed by atoms with Crippen molar-refractivity contribution in [2.24, 2.45) is 0 Å². The van der Waals surface area contributed by atoms with Crippen molar-refractivity contribution in [3.8, 4) is 0 Å². The third kappa shape index (κ3) is 5.63. The van der Waals surface area contributed by atoms with Crippen LogP contribution >= 0.6 is 0 Å². The van der Waals surface area contributed by atoms with E-state index < -0.39 is 0 Å². The maximum atomic E-state index is 12.3. The summed E-state index contributed by atoms with van der Waals surface area (Å²) in [5, 5.41) is 5.77. The number of ether oxygens (including phenoxy) is 1. The van der Waals surface area contributed by atoms with E-state index >= 15 is 0 Å². The van der Waals surface area contributed by atoms with Crippen LogP contribution in [0.4, 0.5) is 0 Å². The van der Waals surface area contributed by atoms with Gasteiger partial charge in [-0.05, 0) is 25.0 Å². The zero-order valence-electron chi connectivity index (χ0n) is 13.6. The van der Waals surface area contributed by atoms with Crippen molar-refractivity contribution in [3.63, 3.8) is 0 Å². The predicted molar refractivity (Wildman–Crippen MR) is 87.4 cm³/mol. The molecule has 0 aliphatic heterocycles. The lowest BCUT2D eigenvalue weighted by molar-refractivity contribution is 0.0928. The third-order valence-electron chi connectivity index (χ3n) is 4.04. The van der Waals surface area contributed by atoms with E-state index in [9.17, 15) is 9.59 Å². The van der Waals surface area contributed by atoms with Gasteiger partial charge >= 0.3 is 0 Å². The van der Waals surface area contributed by atoms with Crippen molar-refractivity contribution >= 4 is 11.8 Å². The van der Waals surface area contributed by atoms with E-state index in [0.717, 1.165) is 25.7 Å². The third-order valence-corrected chi connectivity index (χ3v) is 4.04. The second-order valence-corrected chi connectivity index (χ2v) is 5.84. The first-order chi connectivity index (χ1) is 11.2. The molecule has 1 aromatic rings. The zero-order valence-corrected chi connectivity index (χ0v) is 13.6. The van der Waals surface area contributed by atoms with Gasteiger partial charge < -0.3 is 15.4 Å². The van der Waals surface area contributed by atoms with Gasteiger partial charge in [0, 0.05) is 31.5 Å². The van der Waals surface area contributed by atoms with Gasteiger partial charge in [-0.2, -0.15) is 0 Å². The Morgan fingerprint density at radius 1 is 1.22 bits per heavy atom. The Hall–Kier alpha value is -1.95. The van der Waals surface area contributed by atoms with Gasteiger partial charge in [0.25, 0.3) is 11.8 Å². The molecule has 1 fully saturated rings. The molecule has 0 radical (unpaired) electrons. The van der Waals surface area contributed by atoms with E-state index in [1.165, 1.54) is 25.1 Å². The molecule has 1 aliphatic rings. The molecule has 2 N–H and O–H groups in total. The number of amides is 2. The molecule has 2 amide bonds. The monoisotopic (exact) mass is 319 g/mol. The number of pyridine rings is 1. The van der Waals surface area contributed by atoms with E-state index in [1.54, 1.807) is 13.2 Å². The molecule has 0 unspecified atom stereocenters. The number of hydrogen-bond donors (Lipinski definition) is 2. The minimum Gasteiger partial charge on any atom is -0.383 e. The second kappa shape index (κ2) is 9.25. The summed E-state index contributed by atoms with van der Waals surface area (Å²) < 4.78 is 4.89. The Morgan fingerprint density at radius 2 is 1.96 bits per heavy atom. The Kier molecular flexibility index (Phi) is 7.00. The van der Waals surface area contributed by atoms with Crippen LogP contribution in [-0.2, 0) is 4.74 Å². The van der Waals surface area contributed by atoms with E-state index in [1.807, 2.05) is 0 Å². The number of aromatic nitrogens is 1. The molecule has 0 aromatic carbocycles. The summed E-state index contributed by atoms with van der Waals surface area (Å²) in [6.45, 7) is 0.882. The lowest BCUT2D eigenvalue weighted by Crippen LogP contribution is -2.35. The van der Waals surface area contributed by atoms with Crippen LogP contribution in [0.15, 0.2) is 18.3 Å². The summed E-state index contributed by atoms with van der Waals surface area (Å²) in [7, 11) is 1.58. The topological polar surface area (TPSA) is 80.3 Å². The van der Waals surface area contributed by atoms with Gasteiger partial charge in [-0.1, -0.05) is 25.7 Å². The highest BCUT2D eigenvalue weighted by atomic mass is 16.5. The molecule has 0 spiro atoms. The molecule has 0 atom stereocenters. The summed E-state index contributed by atoms with van der Waals surface area (Å²) in [5.74, 6) is -0.434. The minimum atomic E-state index is -0.229. The Balaban J connectivity index is 1.94. The van der Waals surface area contributed by atoms with Gasteiger partial charge in [0.15, 0.2) is 0 Å². The number of carbonyl (C=O) groups excluding carboxylic acids is 2. The highest BCUT2D eigenvalue weighted by Crippen LogP contribution is 2.17. The first-order valence-corrected chi connectivity index (χ1v) is 8.25. The largest absolute Gasteiger partial charge is 0.383 e. The van der Waals surface area contributed by atoms with Crippen molar-refractivity contribution < 1.29 is 14.3 Å². The number of carbonyl (C=O) groups is 2. The van der Waals surface area contributed by atoms with Crippen LogP contribution in [0, 0.1) is 0 Å². The highest BCUT2D eigenvalue weighted by Gasteiger charge is 2.17. The number of hydrogen-bond acceptors (Lipinski definition) is 4. The molecular formula is C17H25N3O3. The van der Waals surface area contributed by atoms with Gasteiger partial charge in [0.05, 0.1) is 6.61 Å². The number of methoxy groups -OCH3 is 1. The van der Waals surface area contributed by atoms with Crippen molar-refractivity contribution in [2.75, 3.05) is 20.3 Å². The lowest BCUT2D eigenvalue weighted by Gasteiger charge is -2.16. The summed E-state index contributed by atoms with van der Waals surface area (Å²) in [4.78, 5) is 28.4. The average Bonchev–Trinajstić information content (AvgIpc) is 2.84. The average molecular weight is 319 g/mol. The van der Waals surface area contributed by atoms with Gasteiger partial charge in [0.1, 0.15) is 5.69 Å². The van der Waals surface area contributed by atoms with Crippen LogP contribution in [0.25, 0.3) is 0 Å². The van der Waals surface area contributed by atoms with Gasteiger partial charge in [-0.15, -0.1) is 0 Å². The molecule has 6 nitrogen and oxygen atoms in total. The SMILES string of the molecule is COCCNC(=O)c1ccnc(C(=O)NC2CCCCCC2)c1. The first-order valence-electron chi connectivity index (χ1n) is 8.25. The normalized spacial score (nSPS) is 15.7. The first kappa shape index (κ1) is 17.4. The van der Waals surface area contributed by atoms with Crippen LogP contribution < -0.4 is 10.6 Å². The second-order valence-electron chi connectivity index (χ2n) is 5.84. The van der Waals surface area contributed by atoms with Gasteiger partial charge in [-0.3, -0.25) is 14.6 Å². The van der Waals surface area contributed by atoms with Crippen molar-refractivity contribution in [1.82, 2.24) is 15.6 Å². The zero-order chi connectivity index (χ0) is 16.5. The maximum Gasteiger partial charge on any atom is 0.270 e. The fraction of sp³-hybridized carbons (Fsp3) is 0.588. The quantitative estimate of drug-likeness (QED) is 0.620. The Bertz CT molecular complexity index is 526. The molecular weight excluding hydrogens is 294 g/mol. The van der Waals surface area contributed by atoms with Gasteiger partial charge in [-0.25, -0.2) is 0 Å². The van der Waals surface area contributed by atoms with Crippen molar-refractivity contribution in [1.29, 1.82) is 0 Å². The Labute approximate surface area is 137 Å². The molecule has 1 aliphatic carbocycles. The summed E-state index contributed by atoms with van der Waals surface area (Å²) in [6, 6.07) is 3.35. The minimum absolute atomic E-state index is 0.205. The molecule has 126 valence electrons. The van der Waals surface area contributed by atoms with E-state index in [2.05, 4.69) is 15.6 Å². The predicted octanol–water partition coefficient (Wildman–Crippen LogP) is 1.91. The van der Waals surface area contributed by atoms with E-state index in [0.29, 0.717) is 18.7 Å². The molecule has 0 bridgehead atoms. The molecule has 23 heavy (non-hydrogen) atoms. The van der Waals surface area contributed by atoms with E-state index in [4.69, 9.17) is 4.74 Å². The fourth-order valence-corrected chi connectivity index (χ4v) is 2.75. The van der Waals surface area contributed by atoms with Gasteiger partial charge in [0.2, 0.25) is 0 Å². The molecule has 1 saturated carbocycles. The molecule has 1 heterocycles. The summed E-state index contributed by atoms with van der Waals surface area (Å²) in [5.41, 5.74) is 0.718. The summed E-state index contributed by atoms with van der Waals surface area (Å²) in [6.07, 6.45) is 8.31. The molecule has 6 heteroatoms. The highest BCUT2D eigenvalue weighted by molar-refractivity contribution is 5.98. The van der Waals surface area contributed by atoms with E-state index in [-0.39, 0.29) is 23.6 Å². The number of nitrogens with one attached hydrogen (secondary N) is 2. The van der Waals surface area contributed by atoms with Crippen LogP contribution in [0.2, 0.25) is 0 Å². The molecule has 0 saturated heterocycles. The fourth-order valence-electron chi connectivity index (χ4n) is 2.75. The maximum absolute atomic E-state index is 12.3. The standard InChI is InChI=1S/C17H25N3O3/c1-23-11-10-19-16(21)13-8-9-18-15(12-13)17(22)20-14-6-4-2-3-5-7-14/h8-9,12,14H,2-7,10-11H2,1H3,(H,19,21)(H,20,22). The van der Waals surface area contributed by atoms with Crippen molar-refractivity contribution in [3.05, 3.63) is 29.6 Å². The van der Waals surface area contributed by atoms with Crippen LogP contribution in [0.1, 0.15) is 59.4 Å². The summed E-state index contributed by atoms with van der Waals surface area (Å²) >= 11 is 0. The van der Waals surface area contributed by atoms with Crippen LogP contribution in [0.5, 0.6) is 0 Å². The Morgan fingerprint density at radius 3 is 2.65 bits per heavy atom. The number of rotatable bonds is 6. The number of nitrogens with zero attached hydrogens (tertiary/aromatic N) is 1. The van der Waals surface area contributed by atoms with Crippen LogP contribution in [-0.4, -0.2) is 43.1 Å². The molecule has 1 aromatic heterocycles. The van der Waals surface area contributed by atoms with Crippen LogP contribution in [0.3, 0.4) is 0 Å². The lowest BCUT2D eigenvalue weighted by atomic mass is 10.1. The smallest absolute Gasteiger partial charge is 0.270 e. The van der Waals surface area contributed by atoms with Crippen molar-refractivity contribution in [2.45, 2.75) is 44.6 Å².